The van der Waals surface area contributed by atoms with Crippen molar-refractivity contribution in [1.82, 2.24) is 4.90 Å². The van der Waals surface area contributed by atoms with Gasteiger partial charge in [-0.25, -0.2) is 0 Å². The first-order valence-electron chi connectivity index (χ1n) is 8.67. The summed E-state index contributed by atoms with van der Waals surface area (Å²) < 4.78 is 0. The molecule has 1 aromatic carbocycles. The van der Waals surface area contributed by atoms with Gasteiger partial charge in [0.1, 0.15) is 6.04 Å². The molecule has 1 heterocycles. The molecule has 0 N–H and O–H groups in total. The maximum Gasteiger partial charge on any atom is 0.269 e. The number of nitrogens with zero attached hydrogens (tertiary/aromatic N) is 3. The van der Waals surface area contributed by atoms with E-state index >= 15 is 0 Å². The van der Waals surface area contributed by atoms with Crippen LogP contribution in [0.5, 0.6) is 0 Å². The average Bonchev–Trinajstić information content (AvgIpc) is 2.61. The van der Waals surface area contributed by atoms with Gasteiger partial charge >= 0.3 is 0 Å². The number of benzene rings is 1. The van der Waals surface area contributed by atoms with Crippen molar-refractivity contribution in [1.29, 1.82) is 0 Å². The van der Waals surface area contributed by atoms with Crippen LogP contribution in [0.1, 0.15) is 49.3 Å². The van der Waals surface area contributed by atoms with E-state index in [4.69, 9.17) is 0 Å². The largest absolute Gasteiger partial charge is 0.328 e. The Morgan fingerprint density at radius 3 is 2.52 bits per heavy atom. The zero-order valence-electron chi connectivity index (χ0n) is 13.9. The fraction of sp³-hybridized carbons (Fsp3) is 0.588. The van der Waals surface area contributed by atoms with Crippen molar-refractivity contribution in [2.75, 3.05) is 13.1 Å². The van der Waals surface area contributed by atoms with Gasteiger partial charge < -0.3 is 4.90 Å². The minimum atomic E-state index is -0.729. The van der Waals surface area contributed by atoms with Crippen molar-refractivity contribution in [2.24, 2.45) is 5.92 Å². The molecular formula is C17H21N3O5. The molecule has 8 nitrogen and oxygen atoms in total. The summed E-state index contributed by atoms with van der Waals surface area (Å²) >= 11 is 0. The van der Waals surface area contributed by atoms with E-state index in [9.17, 15) is 25.0 Å². The summed E-state index contributed by atoms with van der Waals surface area (Å²) in [4.78, 5) is 35.8. The molecule has 1 fully saturated rings. The summed E-state index contributed by atoms with van der Waals surface area (Å²) in [5.41, 5.74) is 1.30. The predicted molar refractivity (Wildman–Crippen MR) is 89.7 cm³/mol. The van der Waals surface area contributed by atoms with E-state index in [0.29, 0.717) is 18.5 Å². The van der Waals surface area contributed by atoms with Crippen LogP contribution in [0.2, 0.25) is 0 Å². The SMILES string of the molecule is O=C(C1CCCCC1)N1CCc2ccc([N+](=O)[O-])cc2[C@H]1C[N+](=O)[O-]. The third kappa shape index (κ3) is 3.62. The number of hydrogen-bond acceptors (Lipinski definition) is 5. The Morgan fingerprint density at radius 2 is 1.88 bits per heavy atom. The molecule has 1 aliphatic carbocycles. The average molecular weight is 347 g/mol. The van der Waals surface area contributed by atoms with Crippen LogP contribution in [0.25, 0.3) is 0 Å². The molecule has 0 unspecified atom stereocenters. The molecule has 0 radical (unpaired) electrons. The minimum absolute atomic E-state index is 0.0382. The van der Waals surface area contributed by atoms with Gasteiger partial charge in [-0.3, -0.25) is 25.0 Å². The molecule has 8 heteroatoms. The number of nitro benzene ring substituents is 1. The second-order valence-electron chi connectivity index (χ2n) is 6.79. The molecule has 0 aromatic heterocycles. The Kier molecular flexibility index (Phi) is 4.96. The zero-order chi connectivity index (χ0) is 18.0. The number of amides is 1. The molecule has 1 amide bonds. The van der Waals surface area contributed by atoms with E-state index in [1.165, 1.54) is 12.1 Å². The second kappa shape index (κ2) is 7.16. The summed E-state index contributed by atoms with van der Waals surface area (Å²) in [6, 6.07) is 3.74. The third-order valence-electron chi connectivity index (χ3n) is 5.26. The molecule has 0 bridgehead atoms. The van der Waals surface area contributed by atoms with Gasteiger partial charge in [-0.05, 0) is 30.4 Å². The summed E-state index contributed by atoms with van der Waals surface area (Å²) in [5, 5.41) is 22.2. The van der Waals surface area contributed by atoms with Crippen LogP contribution in [0.15, 0.2) is 18.2 Å². The smallest absolute Gasteiger partial charge is 0.269 e. The van der Waals surface area contributed by atoms with Gasteiger partial charge in [-0.15, -0.1) is 0 Å². The molecule has 134 valence electrons. The normalized spacial score (nSPS) is 20.8. The molecule has 1 aromatic rings. The van der Waals surface area contributed by atoms with Gasteiger partial charge in [0.15, 0.2) is 0 Å². The van der Waals surface area contributed by atoms with Gasteiger partial charge in [0.2, 0.25) is 12.5 Å². The Hall–Kier alpha value is -2.51. The first-order chi connectivity index (χ1) is 12.0. The highest BCUT2D eigenvalue weighted by molar-refractivity contribution is 5.80. The quantitative estimate of drug-likeness (QED) is 0.615. The van der Waals surface area contributed by atoms with Crippen molar-refractivity contribution in [3.05, 3.63) is 49.6 Å². The molecule has 1 saturated carbocycles. The molecule has 25 heavy (non-hydrogen) atoms. The maximum absolute atomic E-state index is 12.9. The summed E-state index contributed by atoms with van der Waals surface area (Å²) in [6.45, 7) is 0.00524. The molecule has 0 saturated heterocycles. The number of carbonyl (C=O) groups excluding carboxylic acids is 1. The maximum atomic E-state index is 12.9. The van der Waals surface area contributed by atoms with E-state index in [2.05, 4.69) is 0 Å². The fourth-order valence-electron chi connectivity index (χ4n) is 3.98. The molecule has 1 atom stereocenters. The lowest BCUT2D eigenvalue weighted by Crippen LogP contribution is -2.45. The van der Waals surface area contributed by atoms with Crippen LogP contribution in [-0.4, -0.2) is 33.7 Å². The summed E-state index contributed by atoms with van der Waals surface area (Å²) in [5.74, 6) is -0.119. The van der Waals surface area contributed by atoms with E-state index in [1.807, 2.05) is 0 Å². The van der Waals surface area contributed by atoms with Crippen molar-refractivity contribution >= 4 is 11.6 Å². The van der Waals surface area contributed by atoms with Gasteiger partial charge in [-0.2, -0.15) is 0 Å². The van der Waals surface area contributed by atoms with Crippen LogP contribution in [0, 0.1) is 26.1 Å². The number of carbonyl (C=O) groups is 1. The summed E-state index contributed by atoms with van der Waals surface area (Å²) in [7, 11) is 0. The Labute approximate surface area is 145 Å². The van der Waals surface area contributed by atoms with Crippen molar-refractivity contribution in [3.63, 3.8) is 0 Å². The van der Waals surface area contributed by atoms with Crippen LogP contribution < -0.4 is 0 Å². The first-order valence-corrected chi connectivity index (χ1v) is 8.67. The highest BCUT2D eigenvalue weighted by atomic mass is 16.6. The molecule has 2 aliphatic rings. The number of nitro groups is 2. The number of non-ortho nitro benzene ring substituents is 1. The van der Waals surface area contributed by atoms with E-state index in [1.54, 1.807) is 11.0 Å². The Bertz CT molecular complexity index is 700. The first kappa shape index (κ1) is 17.3. The number of rotatable bonds is 4. The van der Waals surface area contributed by atoms with Crippen molar-refractivity contribution in [2.45, 2.75) is 44.6 Å². The number of hydrogen-bond donors (Lipinski definition) is 0. The van der Waals surface area contributed by atoms with Crippen LogP contribution in [0.4, 0.5) is 5.69 Å². The Morgan fingerprint density at radius 1 is 1.16 bits per heavy atom. The lowest BCUT2D eigenvalue weighted by atomic mass is 9.85. The van der Waals surface area contributed by atoms with E-state index in [-0.39, 0.29) is 17.5 Å². The third-order valence-corrected chi connectivity index (χ3v) is 5.26. The van der Waals surface area contributed by atoms with E-state index in [0.717, 1.165) is 37.7 Å². The highest BCUT2D eigenvalue weighted by Gasteiger charge is 2.38. The van der Waals surface area contributed by atoms with Crippen molar-refractivity contribution < 1.29 is 14.6 Å². The highest BCUT2D eigenvalue weighted by Crippen LogP contribution is 2.35. The standard InChI is InChI=1S/C17H21N3O5/c21-17(13-4-2-1-3-5-13)18-9-8-12-6-7-14(20(24)25)10-15(12)16(18)11-19(22)23/h6-7,10,13,16H,1-5,8-9,11H2/t16-/m1/s1. The topological polar surface area (TPSA) is 107 Å². The Balaban J connectivity index is 1.93. The zero-order valence-corrected chi connectivity index (χ0v) is 13.9. The van der Waals surface area contributed by atoms with Gasteiger partial charge in [0.05, 0.1) is 4.92 Å². The monoisotopic (exact) mass is 347 g/mol. The molecular weight excluding hydrogens is 326 g/mol. The minimum Gasteiger partial charge on any atom is -0.328 e. The molecule has 0 spiro atoms. The van der Waals surface area contributed by atoms with E-state index < -0.39 is 22.4 Å². The molecule has 3 rings (SSSR count). The lowest BCUT2D eigenvalue weighted by Gasteiger charge is -2.37. The van der Waals surface area contributed by atoms with Gasteiger partial charge in [0, 0.05) is 29.5 Å². The van der Waals surface area contributed by atoms with Gasteiger partial charge in [-0.1, -0.05) is 25.3 Å². The second-order valence-corrected chi connectivity index (χ2v) is 6.79. The molecule has 1 aliphatic heterocycles. The fourth-order valence-corrected chi connectivity index (χ4v) is 3.98. The lowest BCUT2D eigenvalue weighted by molar-refractivity contribution is -0.487. The van der Waals surface area contributed by atoms with Crippen LogP contribution in [0.3, 0.4) is 0 Å². The van der Waals surface area contributed by atoms with Crippen LogP contribution in [-0.2, 0) is 11.2 Å². The van der Waals surface area contributed by atoms with Crippen LogP contribution >= 0.6 is 0 Å². The predicted octanol–water partition coefficient (Wildman–Crippen LogP) is 2.88. The van der Waals surface area contributed by atoms with Gasteiger partial charge in [0.25, 0.3) is 5.69 Å². The summed E-state index contributed by atoms with van der Waals surface area (Å²) in [6.07, 6.45) is 5.35. The van der Waals surface area contributed by atoms with Crippen molar-refractivity contribution in [3.8, 4) is 0 Å². The number of fused-ring (bicyclic) bond motifs is 1.